The monoisotopic (exact) mass is 304 g/mol. The summed E-state index contributed by atoms with van der Waals surface area (Å²) >= 11 is 0. The van der Waals surface area contributed by atoms with Crippen LogP contribution >= 0.6 is 0 Å². The fourth-order valence-electron chi connectivity index (χ4n) is 1.88. The van der Waals surface area contributed by atoms with Crippen LogP contribution in [0.25, 0.3) is 0 Å². The van der Waals surface area contributed by atoms with E-state index in [4.69, 9.17) is 4.74 Å². The van der Waals surface area contributed by atoms with E-state index in [0.717, 1.165) is 6.26 Å². The number of rotatable bonds is 5. The van der Waals surface area contributed by atoms with Gasteiger partial charge in [-0.2, -0.15) is 0 Å². The number of allylic oxidation sites excluding steroid dienone is 1. The molecular weight excluding hydrogens is 288 g/mol. The molecule has 0 aliphatic carbocycles. The highest BCUT2D eigenvalue weighted by Crippen LogP contribution is 2.32. The van der Waals surface area contributed by atoms with Gasteiger partial charge in [-0.3, -0.25) is 0 Å². The minimum absolute atomic E-state index is 0.139. The molecule has 21 heavy (non-hydrogen) atoms. The molecule has 1 N–H and O–H groups in total. The third-order valence-corrected chi connectivity index (χ3v) is 4.06. The second kappa shape index (κ2) is 6.01. The molecule has 2 aromatic carbocycles. The average molecular weight is 304 g/mol. The van der Waals surface area contributed by atoms with E-state index < -0.39 is 9.84 Å². The fourth-order valence-corrected chi connectivity index (χ4v) is 2.51. The van der Waals surface area contributed by atoms with Gasteiger partial charge in [0.15, 0.2) is 9.84 Å². The van der Waals surface area contributed by atoms with Gasteiger partial charge in [-0.25, -0.2) is 8.42 Å². The van der Waals surface area contributed by atoms with Crippen LogP contribution in [-0.4, -0.2) is 19.8 Å². The Kier molecular flexibility index (Phi) is 4.33. The lowest BCUT2D eigenvalue weighted by atomic mass is 10.1. The van der Waals surface area contributed by atoms with Gasteiger partial charge in [0.1, 0.15) is 17.2 Å². The Balaban J connectivity index is 2.30. The summed E-state index contributed by atoms with van der Waals surface area (Å²) in [5.74, 6) is 1.15. The van der Waals surface area contributed by atoms with Gasteiger partial charge in [-0.05, 0) is 42.8 Å². The first-order chi connectivity index (χ1) is 9.91. The van der Waals surface area contributed by atoms with Crippen LogP contribution in [-0.2, 0) is 16.3 Å². The summed E-state index contributed by atoms with van der Waals surface area (Å²) < 4.78 is 28.5. The van der Waals surface area contributed by atoms with Gasteiger partial charge in [0.2, 0.25) is 0 Å². The number of phenols is 1. The molecule has 5 heteroatoms. The number of hydrogen-bond donors (Lipinski definition) is 1. The number of hydrogen-bond acceptors (Lipinski definition) is 4. The van der Waals surface area contributed by atoms with E-state index in [2.05, 4.69) is 6.58 Å². The molecule has 0 unspecified atom stereocenters. The Hall–Kier alpha value is -2.27. The van der Waals surface area contributed by atoms with Crippen molar-refractivity contribution >= 4 is 9.84 Å². The first-order valence-electron chi connectivity index (χ1n) is 6.31. The van der Waals surface area contributed by atoms with Crippen molar-refractivity contribution < 1.29 is 18.3 Å². The Bertz CT molecular complexity index is 746. The third kappa shape index (κ3) is 3.64. The van der Waals surface area contributed by atoms with Crippen LogP contribution in [0.1, 0.15) is 5.56 Å². The van der Waals surface area contributed by atoms with Crippen molar-refractivity contribution in [2.24, 2.45) is 0 Å². The quantitative estimate of drug-likeness (QED) is 0.861. The van der Waals surface area contributed by atoms with Crippen LogP contribution in [0.15, 0.2) is 60.0 Å². The molecule has 0 amide bonds. The molecular formula is C16H16O4S. The molecule has 4 nitrogen and oxygen atoms in total. The van der Waals surface area contributed by atoms with Crippen molar-refractivity contribution in [1.82, 2.24) is 0 Å². The lowest BCUT2D eigenvalue weighted by Gasteiger charge is -2.11. The van der Waals surface area contributed by atoms with Crippen LogP contribution < -0.4 is 4.74 Å². The topological polar surface area (TPSA) is 63.6 Å². The minimum Gasteiger partial charge on any atom is -0.508 e. The number of aromatic hydroxyl groups is 1. The number of ether oxygens (including phenoxy) is 1. The van der Waals surface area contributed by atoms with Gasteiger partial charge < -0.3 is 9.84 Å². The summed E-state index contributed by atoms with van der Waals surface area (Å²) in [6.45, 7) is 3.65. The molecule has 0 atom stereocenters. The van der Waals surface area contributed by atoms with E-state index in [9.17, 15) is 13.5 Å². The highest BCUT2D eigenvalue weighted by molar-refractivity contribution is 7.90. The van der Waals surface area contributed by atoms with Crippen LogP contribution in [0.2, 0.25) is 0 Å². The van der Waals surface area contributed by atoms with Gasteiger partial charge >= 0.3 is 0 Å². The maximum Gasteiger partial charge on any atom is 0.175 e. The normalized spacial score (nSPS) is 11.1. The predicted molar refractivity (Wildman–Crippen MR) is 81.6 cm³/mol. The predicted octanol–water partition coefficient (Wildman–Crippen LogP) is 3.32. The lowest BCUT2D eigenvalue weighted by molar-refractivity contribution is 0.446. The molecule has 0 aromatic heterocycles. The zero-order chi connectivity index (χ0) is 15.5. The number of phenolic OH excluding ortho intramolecular Hbond substituents is 1. The van der Waals surface area contributed by atoms with E-state index in [0.29, 0.717) is 23.5 Å². The molecule has 0 aliphatic rings. The maximum absolute atomic E-state index is 11.4. The van der Waals surface area contributed by atoms with Gasteiger partial charge in [-0.1, -0.05) is 12.1 Å². The SMILES string of the molecule is C=CCc1c(O)cccc1Oc1ccc(S(C)(=O)=O)cc1. The van der Waals surface area contributed by atoms with Crippen LogP contribution in [0.4, 0.5) is 0 Å². The molecule has 2 aromatic rings. The van der Waals surface area contributed by atoms with Gasteiger partial charge in [0, 0.05) is 11.8 Å². The van der Waals surface area contributed by atoms with Crippen molar-refractivity contribution in [3.05, 3.63) is 60.7 Å². The molecule has 0 radical (unpaired) electrons. The molecule has 110 valence electrons. The molecule has 2 rings (SSSR count). The van der Waals surface area contributed by atoms with Gasteiger partial charge in [-0.15, -0.1) is 6.58 Å². The maximum atomic E-state index is 11.4. The van der Waals surface area contributed by atoms with Crippen LogP contribution in [0.5, 0.6) is 17.2 Å². The van der Waals surface area contributed by atoms with E-state index in [1.165, 1.54) is 12.1 Å². The molecule has 0 bridgehead atoms. The Morgan fingerprint density at radius 3 is 2.43 bits per heavy atom. The minimum atomic E-state index is -3.22. The molecule has 0 fully saturated rings. The molecule has 0 aliphatic heterocycles. The second-order valence-electron chi connectivity index (χ2n) is 4.59. The van der Waals surface area contributed by atoms with E-state index in [-0.39, 0.29) is 10.6 Å². The molecule has 0 saturated carbocycles. The molecule has 0 spiro atoms. The zero-order valence-corrected chi connectivity index (χ0v) is 12.4. The summed E-state index contributed by atoms with van der Waals surface area (Å²) in [7, 11) is -3.22. The first-order valence-corrected chi connectivity index (χ1v) is 8.20. The fraction of sp³-hybridized carbons (Fsp3) is 0.125. The van der Waals surface area contributed by atoms with Crippen molar-refractivity contribution in [3.8, 4) is 17.2 Å². The van der Waals surface area contributed by atoms with Crippen molar-refractivity contribution in [1.29, 1.82) is 0 Å². The zero-order valence-electron chi connectivity index (χ0n) is 11.6. The van der Waals surface area contributed by atoms with E-state index >= 15 is 0 Å². The van der Waals surface area contributed by atoms with Crippen molar-refractivity contribution in [2.45, 2.75) is 11.3 Å². The average Bonchev–Trinajstić information content (AvgIpc) is 2.42. The second-order valence-corrected chi connectivity index (χ2v) is 6.61. The van der Waals surface area contributed by atoms with Crippen LogP contribution in [0.3, 0.4) is 0 Å². The summed E-state index contributed by atoms with van der Waals surface area (Å²) in [6, 6.07) is 11.1. The summed E-state index contributed by atoms with van der Waals surface area (Å²) in [6.07, 6.45) is 3.30. The summed E-state index contributed by atoms with van der Waals surface area (Å²) in [4.78, 5) is 0.233. The highest BCUT2D eigenvalue weighted by Gasteiger charge is 2.10. The first kappa shape index (κ1) is 15.1. The summed E-state index contributed by atoms with van der Waals surface area (Å²) in [5, 5.41) is 9.84. The Morgan fingerprint density at radius 2 is 1.86 bits per heavy atom. The van der Waals surface area contributed by atoms with Gasteiger partial charge in [0.05, 0.1) is 4.90 Å². The largest absolute Gasteiger partial charge is 0.508 e. The number of sulfone groups is 1. The summed E-state index contributed by atoms with van der Waals surface area (Å²) in [5.41, 5.74) is 0.639. The smallest absolute Gasteiger partial charge is 0.175 e. The van der Waals surface area contributed by atoms with Crippen molar-refractivity contribution in [2.75, 3.05) is 6.26 Å². The number of benzene rings is 2. The van der Waals surface area contributed by atoms with E-state index in [1.807, 2.05) is 0 Å². The molecule has 0 heterocycles. The molecule has 0 saturated heterocycles. The Morgan fingerprint density at radius 1 is 1.19 bits per heavy atom. The van der Waals surface area contributed by atoms with Gasteiger partial charge in [0.25, 0.3) is 0 Å². The van der Waals surface area contributed by atoms with Crippen LogP contribution in [0, 0.1) is 0 Å². The standard InChI is InChI=1S/C16H16O4S/c1-3-5-14-15(17)6-4-7-16(14)20-12-8-10-13(11-9-12)21(2,18)19/h3-4,6-11,17H,1,5H2,2H3. The Labute approximate surface area is 124 Å². The third-order valence-electron chi connectivity index (χ3n) is 2.94. The highest BCUT2D eigenvalue weighted by atomic mass is 32.2. The lowest BCUT2D eigenvalue weighted by Crippen LogP contribution is -1.97. The van der Waals surface area contributed by atoms with Crippen molar-refractivity contribution in [3.63, 3.8) is 0 Å². The van der Waals surface area contributed by atoms with E-state index in [1.54, 1.807) is 36.4 Å².